The second kappa shape index (κ2) is 7.14. The van der Waals surface area contributed by atoms with E-state index in [9.17, 15) is 0 Å². The Labute approximate surface area is 119 Å². The summed E-state index contributed by atoms with van der Waals surface area (Å²) in [5.41, 5.74) is 1.21. The van der Waals surface area contributed by atoms with Crippen LogP contribution in [-0.4, -0.2) is 25.1 Å². The van der Waals surface area contributed by atoms with Gasteiger partial charge in [-0.3, -0.25) is 0 Å². The first-order valence-corrected chi connectivity index (χ1v) is 7.61. The van der Waals surface area contributed by atoms with Crippen molar-refractivity contribution < 1.29 is 0 Å². The molecule has 0 unspecified atom stereocenters. The number of anilines is 2. The molecule has 0 aliphatic rings. The highest BCUT2D eigenvalue weighted by Gasteiger charge is 2.03. The van der Waals surface area contributed by atoms with E-state index in [1.165, 1.54) is 10.6 Å². The predicted molar refractivity (Wildman–Crippen MR) is 84.3 cm³/mol. The van der Waals surface area contributed by atoms with Crippen molar-refractivity contribution in [2.24, 2.45) is 0 Å². The highest BCUT2D eigenvalue weighted by Crippen LogP contribution is 2.17. The average Bonchev–Trinajstić information content (AvgIpc) is 2.96. The summed E-state index contributed by atoms with van der Waals surface area (Å²) in [6.07, 6.45) is 4.07. The average molecular weight is 275 g/mol. The van der Waals surface area contributed by atoms with Crippen molar-refractivity contribution in [2.45, 2.75) is 19.8 Å². The molecule has 0 spiro atoms. The third-order valence-electron chi connectivity index (χ3n) is 3.01. The summed E-state index contributed by atoms with van der Waals surface area (Å²) in [6.45, 7) is 4.15. The van der Waals surface area contributed by atoms with Gasteiger partial charge in [0.2, 0.25) is 0 Å². The summed E-state index contributed by atoms with van der Waals surface area (Å²) in [7, 11) is 2.13. The zero-order valence-electron chi connectivity index (χ0n) is 11.6. The van der Waals surface area contributed by atoms with E-state index < -0.39 is 0 Å². The number of aromatic nitrogens is 1. The van der Waals surface area contributed by atoms with Gasteiger partial charge in [-0.15, -0.1) is 11.3 Å². The molecule has 0 atom stereocenters. The Hall–Kier alpha value is -1.55. The van der Waals surface area contributed by atoms with Crippen LogP contribution in [0, 0.1) is 0 Å². The van der Waals surface area contributed by atoms with Crippen molar-refractivity contribution in [3.63, 3.8) is 0 Å². The Bertz CT molecular complexity index is 482. The standard InChI is InChI=1S/C15H21N3S/c1-3-8-16-15-12-13(6-9-17-15)18(2)10-7-14-5-4-11-19-14/h4-6,9,11-12H,3,7-8,10H2,1-2H3,(H,16,17). The Balaban J connectivity index is 1.92. The SMILES string of the molecule is CCCNc1cc(N(C)CCc2cccs2)ccn1. The highest BCUT2D eigenvalue weighted by atomic mass is 32.1. The number of thiophene rings is 1. The fourth-order valence-electron chi connectivity index (χ4n) is 1.87. The smallest absolute Gasteiger partial charge is 0.127 e. The molecule has 2 aromatic heterocycles. The molecule has 0 aliphatic carbocycles. The lowest BCUT2D eigenvalue weighted by Gasteiger charge is -2.19. The molecular weight excluding hydrogens is 254 g/mol. The van der Waals surface area contributed by atoms with E-state index in [1.807, 2.05) is 17.5 Å². The topological polar surface area (TPSA) is 28.2 Å². The van der Waals surface area contributed by atoms with Gasteiger partial charge in [-0.2, -0.15) is 0 Å². The zero-order valence-corrected chi connectivity index (χ0v) is 12.4. The molecule has 1 N–H and O–H groups in total. The van der Waals surface area contributed by atoms with E-state index in [-0.39, 0.29) is 0 Å². The molecule has 0 bridgehead atoms. The van der Waals surface area contributed by atoms with E-state index in [0.717, 1.165) is 31.7 Å². The largest absolute Gasteiger partial charge is 0.374 e. The molecule has 0 aromatic carbocycles. The van der Waals surface area contributed by atoms with Gasteiger partial charge >= 0.3 is 0 Å². The molecule has 0 aliphatic heterocycles. The molecule has 4 heteroatoms. The van der Waals surface area contributed by atoms with Gasteiger partial charge in [0.25, 0.3) is 0 Å². The Morgan fingerprint density at radius 3 is 3.00 bits per heavy atom. The lowest BCUT2D eigenvalue weighted by atomic mass is 10.3. The van der Waals surface area contributed by atoms with Gasteiger partial charge in [0.15, 0.2) is 0 Å². The van der Waals surface area contributed by atoms with Crippen LogP contribution >= 0.6 is 11.3 Å². The van der Waals surface area contributed by atoms with E-state index in [4.69, 9.17) is 0 Å². The highest BCUT2D eigenvalue weighted by molar-refractivity contribution is 7.09. The van der Waals surface area contributed by atoms with Crippen LogP contribution in [0.15, 0.2) is 35.8 Å². The molecule has 0 amide bonds. The summed E-state index contributed by atoms with van der Waals surface area (Å²) in [5.74, 6) is 0.960. The van der Waals surface area contributed by atoms with Crippen LogP contribution in [-0.2, 0) is 6.42 Å². The van der Waals surface area contributed by atoms with Gasteiger partial charge in [-0.05, 0) is 30.4 Å². The van der Waals surface area contributed by atoms with Gasteiger partial charge in [0, 0.05) is 43.0 Å². The Morgan fingerprint density at radius 2 is 2.26 bits per heavy atom. The number of hydrogen-bond acceptors (Lipinski definition) is 4. The molecule has 2 aromatic rings. The van der Waals surface area contributed by atoms with Gasteiger partial charge in [-0.1, -0.05) is 13.0 Å². The minimum Gasteiger partial charge on any atom is -0.374 e. The second-order valence-electron chi connectivity index (χ2n) is 4.58. The minimum atomic E-state index is 0.960. The molecule has 102 valence electrons. The van der Waals surface area contributed by atoms with Crippen molar-refractivity contribution in [3.8, 4) is 0 Å². The van der Waals surface area contributed by atoms with Crippen LogP contribution in [0.2, 0.25) is 0 Å². The summed E-state index contributed by atoms with van der Waals surface area (Å²) < 4.78 is 0. The molecule has 0 radical (unpaired) electrons. The van der Waals surface area contributed by atoms with Crippen molar-refractivity contribution in [1.29, 1.82) is 0 Å². The maximum Gasteiger partial charge on any atom is 0.127 e. The van der Waals surface area contributed by atoms with Crippen LogP contribution in [0.1, 0.15) is 18.2 Å². The number of nitrogens with zero attached hydrogens (tertiary/aromatic N) is 2. The number of hydrogen-bond donors (Lipinski definition) is 1. The predicted octanol–water partition coefficient (Wildman–Crippen LogP) is 3.64. The summed E-state index contributed by atoms with van der Waals surface area (Å²) in [5, 5.41) is 5.46. The lowest BCUT2D eigenvalue weighted by molar-refractivity contribution is 0.885. The van der Waals surface area contributed by atoms with Crippen LogP contribution < -0.4 is 10.2 Å². The molecule has 2 heterocycles. The monoisotopic (exact) mass is 275 g/mol. The fourth-order valence-corrected chi connectivity index (χ4v) is 2.57. The summed E-state index contributed by atoms with van der Waals surface area (Å²) >= 11 is 1.82. The number of rotatable bonds is 7. The molecule has 0 saturated heterocycles. The van der Waals surface area contributed by atoms with Crippen molar-refractivity contribution in [1.82, 2.24) is 4.98 Å². The van der Waals surface area contributed by atoms with E-state index in [0.29, 0.717) is 0 Å². The Kier molecular flexibility index (Phi) is 5.21. The minimum absolute atomic E-state index is 0.960. The summed E-state index contributed by atoms with van der Waals surface area (Å²) in [6, 6.07) is 8.48. The van der Waals surface area contributed by atoms with E-state index >= 15 is 0 Å². The first-order valence-electron chi connectivity index (χ1n) is 6.73. The lowest BCUT2D eigenvalue weighted by Crippen LogP contribution is -2.20. The number of likely N-dealkylation sites (N-methyl/N-ethyl adjacent to an activating group) is 1. The molecule has 0 saturated carbocycles. The second-order valence-corrected chi connectivity index (χ2v) is 5.61. The normalized spacial score (nSPS) is 10.4. The molecular formula is C15H21N3S. The quantitative estimate of drug-likeness (QED) is 0.836. The van der Waals surface area contributed by atoms with Gasteiger partial charge < -0.3 is 10.2 Å². The number of pyridine rings is 1. The van der Waals surface area contributed by atoms with E-state index in [2.05, 4.69) is 58.8 Å². The molecule has 2 rings (SSSR count). The summed E-state index contributed by atoms with van der Waals surface area (Å²) in [4.78, 5) is 8.05. The van der Waals surface area contributed by atoms with Crippen LogP contribution in [0.5, 0.6) is 0 Å². The maximum atomic E-state index is 4.33. The zero-order chi connectivity index (χ0) is 13.5. The first kappa shape index (κ1) is 13.9. The van der Waals surface area contributed by atoms with Crippen LogP contribution in [0.25, 0.3) is 0 Å². The van der Waals surface area contributed by atoms with Gasteiger partial charge in [0.1, 0.15) is 5.82 Å². The van der Waals surface area contributed by atoms with Crippen molar-refractivity contribution in [2.75, 3.05) is 30.4 Å². The van der Waals surface area contributed by atoms with Crippen molar-refractivity contribution in [3.05, 3.63) is 40.7 Å². The van der Waals surface area contributed by atoms with Gasteiger partial charge in [0.05, 0.1) is 0 Å². The van der Waals surface area contributed by atoms with Crippen LogP contribution in [0.4, 0.5) is 11.5 Å². The third-order valence-corrected chi connectivity index (χ3v) is 3.95. The molecule has 3 nitrogen and oxygen atoms in total. The van der Waals surface area contributed by atoms with Crippen molar-refractivity contribution >= 4 is 22.8 Å². The number of nitrogens with one attached hydrogen (secondary N) is 1. The molecule has 0 fully saturated rings. The maximum absolute atomic E-state index is 4.33. The third kappa shape index (κ3) is 4.24. The van der Waals surface area contributed by atoms with E-state index in [1.54, 1.807) is 0 Å². The Morgan fingerprint density at radius 1 is 1.37 bits per heavy atom. The van der Waals surface area contributed by atoms with Crippen LogP contribution in [0.3, 0.4) is 0 Å². The fraction of sp³-hybridized carbons (Fsp3) is 0.400. The first-order chi connectivity index (χ1) is 9.29. The van der Waals surface area contributed by atoms with Gasteiger partial charge in [-0.25, -0.2) is 4.98 Å². The molecule has 19 heavy (non-hydrogen) atoms.